The van der Waals surface area contributed by atoms with E-state index < -0.39 is 0 Å². The zero-order valence-electron chi connectivity index (χ0n) is 14.5. The van der Waals surface area contributed by atoms with Crippen molar-refractivity contribution >= 4 is 34.8 Å². The number of aromatic amines is 1. The van der Waals surface area contributed by atoms with Crippen LogP contribution in [-0.4, -0.2) is 29.9 Å². The van der Waals surface area contributed by atoms with Gasteiger partial charge >= 0.3 is 0 Å². The van der Waals surface area contributed by atoms with E-state index in [1.165, 1.54) is 6.33 Å². The lowest BCUT2D eigenvalue weighted by Crippen LogP contribution is -2.04. The topological polar surface area (TPSA) is 84.3 Å². The molecule has 7 nitrogen and oxygen atoms in total. The van der Waals surface area contributed by atoms with Gasteiger partial charge in [0.15, 0.2) is 11.6 Å². The van der Waals surface area contributed by atoms with Gasteiger partial charge in [0.25, 0.3) is 0 Å². The maximum absolute atomic E-state index is 6.48. The molecule has 0 aliphatic rings. The van der Waals surface area contributed by atoms with Crippen molar-refractivity contribution in [1.82, 2.24) is 29.9 Å². The molecule has 0 fully saturated rings. The van der Waals surface area contributed by atoms with E-state index in [4.69, 9.17) is 23.2 Å². The van der Waals surface area contributed by atoms with Crippen LogP contribution in [0.4, 0.5) is 11.6 Å². The van der Waals surface area contributed by atoms with Crippen LogP contribution in [-0.2, 0) is 0 Å². The third-order valence-electron chi connectivity index (χ3n) is 4.09. The second-order valence-electron chi connectivity index (χ2n) is 5.91. The van der Waals surface area contributed by atoms with Crippen LogP contribution in [0.25, 0.3) is 17.1 Å². The molecule has 0 unspecified atom stereocenters. The zero-order chi connectivity index (χ0) is 19.0. The van der Waals surface area contributed by atoms with Gasteiger partial charge in [-0.1, -0.05) is 53.5 Å². The molecule has 4 rings (SSSR count). The maximum Gasteiger partial charge on any atom is 0.172 e. The first-order valence-corrected chi connectivity index (χ1v) is 8.90. The normalized spacial score (nSPS) is 11.0. The van der Waals surface area contributed by atoms with E-state index in [-0.39, 0.29) is 0 Å². The molecule has 0 saturated carbocycles. The minimum atomic E-state index is 0.478. The van der Waals surface area contributed by atoms with Crippen molar-refractivity contribution in [2.75, 3.05) is 5.32 Å². The number of hydrogen-bond acceptors (Lipinski definition) is 5. The average molecular weight is 400 g/mol. The molecule has 0 radical (unpaired) electrons. The Balaban J connectivity index is 1.65. The standard InChI is InChI=1S/C18H15Cl2N7/c1-10-15(19)11(2)27(26-10)14-8-13(21-9-22-14)23-18-16(20)17(24-25-18)12-6-4-3-5-7-12/h3-9H,1-2H3,(H2,21,22,23,24,25). The summed E-state index contributed by atoms with van der Waals surface area (Å²) in [6.07, 6.45) is 1.45. The summed E-state index contributed by atoms with van der Waals surface area (Å²) in [6, 6.07) is 11.5. The van der Waals surface area contributed by atoms with Crippen molar-refractivity contribution in [3.8, 4) is 17.1 Å². The van der Waals surface area contributed by atoms with Crippen LogP contribution in [0.2, 0.25) is 10.0 Å². The Morgan fingerprint density at radius 3 is 2.52 bits per heavy atom. The Morgan fingerprint density at radius 2 is 1.81 bits per heavy atom. The molecule has 1 aromatic carbocycles. The molecule has 0 amide bonds. The first-order valence-electron chi connectivity index (χ1n) is 8.15. The molecule has 0 bridgehead atoms. The fourth-order valence-electron chi connectivity index (χ4n) is 2.71. The van der Waals surface area contributed by atoms with Gasteiger partial charge in [-0.3, -0.25) is 5.10 Å². The van der Waals surface area contributed by atoms with E-state index in [1.807, 2.05) is 44.2 Å². The number of hydrogen-bond donors (Lipinski definition) is 2. The molecule has 0 saturated heterocycles. The Kier molecular flexibility index (Phi) is 4.55. The monoisotopic (exact) mass is 399 g/mol. The molecule has 0 aliphatic heterocycles. The van der Waals surface area contributed by atoms with Crippen LogP contribution in [0, 0.1) is 13.8 Å². The van der Waals surface area contributed by atoms with Crippen molar-refractivity contribution in [3.63, 3.8) is 0 Å². The molecule has 3 heterocycles. The van der Waals surface area contributed by atoms with Crippen molar-refractivity contribution in [2.24, 2.45) is 0 Å². The highest BCUT2D eigenvalue weighted by molar-refractivity contribution is 6.35. The lowest BCUT2D eigenvalue weighted by molar-refractivity contribution is 0.801. The van der Waals surface area contributed by atoms with Crippen molar-refractivity contribution < 1.29 is 0 Å². The fourth-order valence-corrected chi connectivity index (χ4v) is 3.07. The van der Waals surface area contributed by atoms with Crippen LogP contribution in [0.5, 0.6) is 0 Å². The maximum atomic E-state index is 6.48. The van der Waals surface area contributed by atoms with Crippen molar-refractivity contribution in [2.45, 2.75) is 13.8 Å². The lowest BCUT2D eigenvalue weighted by atomic mass is 10.1. The van der Waals surface area contributed by atoms with Crippen LogP contribution in [0.3, 0.4) is 0 Å². The average Bonchev–Trinajstić information content (AvgIpc) is 3.17. The molecule has 27 heavy (non-hydrogen) atoms. The number of anilines is 2. The van der Waals surface area contributed by atoms with E-state index in [0.717, 1.165) is 22.6 Å². The quantitative estimate of drug-likeness (QED) is 0.518. The van der Waals surface area contributed by atoms with Crippen molar-refractivity contribution in [3.05, 3.63) is 64.2 Å². The van der Waals surface area contributed by atoms with Gasteiger partial charge in [-0.2, -0.15) is 10.2 Å². The third kappa shape index (κ3) is 3.27. The van der Waals surface area contributed by atoms with Gasteiger partial charge in [0.1, 0.15) is 17.2 Å². The Bertz CT molecular complexity index is 1100. The van der Waals surface area contributed by atoms with Crippen LogP contribution >= 0.6 is 23.2 Å². The molecule has 0 spiro atoms. The highest BCUT2D eigenvalue weighted by atomic mass is 35.5. The van der Waals surface area contributed by atoms with Gasteiger partial charge < -0.3 is 5.32 Å². The second-order valence-corrected chi connectivity index (χ2v) is 6.67. The van der Waals surface area contributed by atoms with Gasteiger partial charge in [-0.05, 0) is 13.8 Å². The minimum Gasteiger partial charge on any atom is -0.322 e. The lowest BCUT2D eigenvalue weighted by Gasteiger charge is -2.06. The van der Waals surface area contributed by atoms with E-state index in [2.05, 4.69) is 30.6 Å². The van der Waals surface area contributed by atoms with E-state index >= 15 is 0 Å². The number of H-pyrrole nitrogens is 1. The molecule has 4 aromatic rings. The highest BCUT2D eigenvalue weighted by Gasteiger charge is 2.15. The molecule has 0 atom stereocenters. The largest absolute Gasteiger partial charge is 0.322 e. The molecule has 9 heteroatoms. The Morgan fingerprint density at radius 1 is 1.04 bits per heavy atom. The Hall–Kier alpha value is -2.90. The summed E-state index contributed by atoms with van der Waals surface area (Å²) < 4.78 is 1.67. The fraction of sp³-hybridized carbons (Fsp3) is 0.111. The third-order valence-corrected chi connectivity index (χ3v) is 5.00. The molecule has 2 N–H and O–H groups in total. The van der Waals surface area contributed by atoms with Crippen molar-refractivity contribution in [1.29, 1.82) is 0 Å². The van der Waals surface area contributed by atoms with Gasteiger partial charge in [-0.25, -0.2) is 14.6 Å². The van der Waals surface area contributed by atoms with Crippen LogP contribution < -0.4 is 5.32 Å². The highest BCUT2D eigenvalue weighted by Crippen LogP contribution is 2.32. The van der Waals surface area contributed by atoms with Gasteiger partial charge in [0.2, 0.25) is 0 Å². The molecule has 0 aliphatic carbocycles. The smallest absolute Gasteiger partial charge is 0.172 e. The summed E-state index contributed by atoms with van der Waals surface area (Å²) in [5.41, 5.74) is 3.23. The number of rotatable bonds is 4. The SMILES string of the molecule is Cc1nn(-c2cc(Nc3n[nH]c(-c4ccccc4)c3Cl)ncn2)c(C)c1Cl. The Labute approximate surface area is 165 Å². The molecular formula is C18H15Cl2N7. The van der Waals surface area contributed by atoms with E-state index in [0.29, 0.717) is 27.5 Å². The molecule has 136 valence electrons. The first-order chi connectivity index (χ1) is 13.0. The number of benzene rings is 1. The van der Waals surface area contributed by atoms with Crippen LogP contribution in [0.15, 0.2) is 42.7 Å². The van der Waals surface area contributed by atoms with Crippen LogP contribution in [0.1, 0.15) is 11.4 Å². The predicted molar refractivity (Wildman–Crippen MR) is 106 cm³/mol. The van der Waals surface area contributed by atoms with Gasteiger partial charge in [-0.15, -0.1) is 0 Å². The van der Waals surface area contributed by atoms with E-state index in [1.54, 1.807) is 10.7 Å². The molecule has 3 aromatic heterocycles. The second kappa shape index (κ2) is 7.02. The number of nitrogens with zero attached hydrogens (tertiary/aromatic N) is 5. The number of halogens is 2. The van der Waals surface area contributed by atoms with Gasteiger partial charge in [0, 0.05) is 11.6 Å². The summed E-state index contributed by atoms with van der Waals surface area (Å²) in [7, 11) is 0. The van der Waals surface area contributed by atoms with E-state index in [9.17, 15) is 0 Å². The molecular weight excluding hydrogens is 385 g/mol. The number of nitrogens with one attached hydrogen (secondary N) is 2. The van der Waals surface area contributed by atoms with Gasteiger partial charge in [0.05, 0.1) is 22.1 Å². The summed E-state index contributed by atoms with van der Waals surface area (Å²) >= 11 is 12.7. The number of aromatic nitrogens is 6. The predicted octanol–water partition coefficient (Wildman–Crippen LogP) is 4.72. The summed E-state index contributed by atoms with van der Waals surface area (Å²) in [4.78, 5) is 8.50. The summed E-state index contributed by atoms with van der Waals surface area (Å²) in [5.74, 6) is 1.61. The first kappa shape index (κ1) is 17.5. The number of aryl methyl sites for hydroxylation is 1. The summed E-state index contributed by atoms with van der Waals surface area (Å²) in [6.45, 7) is 3.73. The summed E-state index contributed by atoms with van der Waals surface area (Å²) in [5, 5.41) is 15.8. The minimum absolute atomic E-state index is 0.478. The zero-order valence-corrected chi connectivity index (χ0v) is 16.0.